The fourth-order valence-corrected chi connectivity index (χ4v) is 2.55. The summed E-state index contributed by atoms with van der Waals surface area (Å²) in [7, 11) is -4.23. The van der Waals surface area contributed by atoms with Crippen molar-refractivity contribution in [2.45, 2.75) is 25.1 Å². The standard InChI is InChI=1S/C11H16ClN3O4S/c1-7-6-19-4-3-15(7)11-13-9(5-10(12)14-11)8(2)20(16,17)18/h5,7-8H,3-4,6H2,1-2H3,(H,16,17,18)/t7?,8-/m0/s1. The predicted octanol–water partition coefficient (Wildman–Crippen LogP) is 1.30. The van der Waals surface area contributed by atoms with Crippen molar-refractivity contribution < 1.29 is 17.7 Å². The summed E-state index contributed by atoms with van der Waals surface area (Å²) < 4.78 is 36.9. The van der Waals surface area contributed by atoms with Gasteiger partial charge in [0, 0.05) is 6.54 Å². The van der Waals surface area contributed by atoms with Gasteiger partial charge in [-0.2, -0.15) is 8.42 Å². The molecule has 1 aliphatic heterocycles. The molecule has 2 atom stereocenters. The Bertz CT molecular complexity index is 595. The minimum Gasteiger partial charge on any atom is -0.377 e. The van der Waals surface area contributed by atoms with E-state index in [2.05, 4.69) is 9.97 Å². The molecule has 0 amide bonds. The van der Waals surface area contributed by atoms with E-state index in [1.165, 1.54) is 13.0 Å². The summed E-state index contributed by atoms with van der Waals surface area (Å²) in [6.45, 7) is 4.99. The summed E-state index contributed by atoms with van der Waals surface area (Å²) in [5.41, 5.74) is 0.168. The second-order valence-corrected chi connectivity index (χ2v) is 6.81. The van der Waals surface area contributed by atoms with Gasteiger partial charge < -0.3 is 9.64 Å². The van der Waals surface area contributed by atoms with Gasteiger partial charge in [-0.05, 0) is 19.9 Å². The van der Waals surface area contributed by atoms with Crippen LogP contribution in [0.15, 0.2) is 6.07 Å². The Hall–Kier alpha value is -0.960. The zero-order valence-corrected chi connectivity index (χ0v) is 12.7. The number of hydrogen-bond acceptors (Lipinski definition) is 6. The van der Waals surface area contributed by atoms with Gasteiger partial charge in [-0.1, -0.05) is 11.6 Å². The Morgan fingerprint density at radius 3 is 2.85 bits per heavy atom. The lowest BCUT2D eigenvalue weighted by Crippen LogP contribution is -2.44. The van der Waals surface area contributed by atoms with Crippen LogP contribution in [0.5, 0.6) is 0 Å². The van der Waals surface area contributed by atoms with E-state index in [0.717, 1.165) is 0 Å². The third-order valence-corrected chi connectivity index (χ3v) is 4.52. The van der Waals surface area contributed by atoms with E-state index in [1.807, 2.05) is 11.8 Å². The quantitative estimate of drug-likeness (QED) is 0.662. The van der Waals surface area contributed by atoms with Gasteiger partial charge in [0.15, 0.2) is 0 Å². The second kappa shape index (κ2) is 5.80. The first-order valence-electron chi connectivity index (χ1n) is 6.14. The van der Waals surface area contributed by atoms with Crippen LogP contribution in [0.25, 0.3) is 0 Å². The number of ether oxygens (including phenoxy) is 1. The topological polar surface area (TPSA) is 92.6 Å². The SMILES string of the molecule is CC1COCCN1c1nc(Cl)cc([C@H](C)S(=O)(=O)O)n1. The number of aromatic nitrogens is 2. The van der Waals surface area contributed by atoms with Gasteiger partial charge in [0.2, 0.25) is 5.95 Å². The molecule has 0 bridgehead atoms. The molecular formula is C11H16ClN3O4S. The minimum atomic E-state index is -4.23. The summed E-state index contributed by atoms with van der Waals surface area (Å²) in [5, 5.41) is -1.02. The Balaban J connectivity index is 2.38. The first-order chi connectivity index (χ1) is 9.29. The molecular weight excluding hydrogens is 306 g/mol. The van der Waals surface area contributed by atoms with Crippen LogP contribution >= 0.6 is 11.6 Å². The van der Waals surface area contributed by atoms with Crippen molar-refractivity contribution in [3.8, 4) is 0 Å². The zero-order chi connectivity index (χ0) is 14.9. The number of rotatable bonds is 3. The molecule has 1 N–H and O–H groups in total. The third-order valence-electron chi connectivity index (χ3n) is 3.19. The average Bonchev–Trinajstić information content (AvgIpc) is 2.36. The van der Waals surface area contributed by atoms with Gasteiger partial charge in [-0.25, -0.2) is 9.97 Å². The molecule has 1 aliphatic rings. The normalized spacial score (nSPS) is 21.8. The van der Waals surface area contributed by atoms with Gasteiger partial charge in [0.25, 0.3) is 10.1 Å². The van der Waals surface area contributed by atoms with E-state index < -0.39 is 15.4 Å². The lowest BCUT2D eigenvalue weighted by molar-refractivity contribution is 0.0980. The molecule has 1 aromatic rings. The maximum absolute atomic E-state index is 11.2. The van der Waals surface area contributed by atoms with Crippen LogP contribution in [0.1, 0.15) is 24.8 Å². The van der Waals surface area contributed by atoms with E-state index in [0.29, 0.717) is 25.7 Å². The van der Waals surface area contributed by atoms with Crippen molar-refractivity contribution in [2.24, 2.45) is 0 Å². The molecule has 0 aromatic carbocycles. The second-order valence-electron chi connectivity index (χ2n) is 4.69. The number of halogens is 1. The predicted molar refractivity (Wildman–Crippen MR) is 74.6 cm³/mol. The molecule has 0 spiro atoms. The molecule has 112 valence electrons. The van der Waals surface area contributed by atoms with Gasteiger partial charge in [-0.15, -0.1) is 0 Å². The van der Waals surface area contributed by atoms with Crippen LogP contribution in [0, 0.1) is 0 Å². The van der Waals surface area contributed by atoms with Crippen LogP contribution in [0.4, 0.5) is 5.95 Å². The number of nitrogens with zero attached hydrogens (tertiary/aromatic N) is 3. The largest absolute Gasteiger partial charge is 0.377 e. The fourth-order valence-electron chi connectivity index (χ4n) is 1.94. The average molecular weight is 322 g/mol. The molecule has 0 radical (unpaired) electrons. The van der Waals surface area contributed by atoms with E-state index in [-0.39, 0.29) is 16.9 Å². The monoisotopic (exact) mass is 321 g/mol. The number of anilines is 1. The molecule has 20 heavy (non-hydrogen) atoms. The summed E-state index contributed by atoms with van der Waals surface area (Å²) >= 11 is 5.93. The molecule has 7 nitrogen and oxygen atoms in total. The van der Waals surface area contributed by atoms with Crippen molar-refractivity contribution in [3.05, 3.63) is 16.9 Å². The first-order valence-corrected chi connectivity index (χ1v) is 8.02. The van der Waals surface area contributed by atoms with Gasteiger partial charge >= 0.3 is 0 Å². The smallest absolute Gasteiger partial charge is 0.273 e. The molecule has 0 saturated carbocycles. The third kappa shape index (κ3) is 3.38. The Morgan fingerprint density at radius 1 is 1.55 bits per heavy atom. The summed E-state index contributed by atoms with van der Waals surface area (Å²) in [6.07, 6.45) is 0. The van der Waals surface area contributed by atoms with Gasteiger partial charge in [0.1, 0.15) is 10.4 Å². The van der Waals surface area contributed by atoms with Crippen LogP contribution in [-0.4, -0.2) is 48.7 Å². The molecule has 1 unspecified atom stereocenters. The van der Waals surface area contributed by atoms with Crippen LogP contribution in [0.2, 0.25) is 5.15 Å². The van der Waals surface area contributed by atoms with E-state index in [9.17, 15) is 8.42 Å². The minimum absolute atomic E-state index is 0.0658. The Kier molecular flexibility index (Phi) is 4.48. The van der Waals surface area contributed by atoms with Crippen molar-refractivity contribution in [1.29, 1.82) is 0 Å². The van der Waals surface area contributed by atoms with E-state index in [4.69, 9.17) is 20.9 Å². The van der Waals surface area contributed by atoms with Crippen LogP contribution < -0.4 is 4.90 Å². The zero-order valence-electron chi connectivity index (χ0n) is 11.2. The van der Waals surface area contributed by atoms with Crippen molar-refractivity contribution in [2.75, 3.05) is 24.7 Å². The maximum atomic E-state index is 11.2. The molecule has 0 aliphatic carbocycles. The molecule has 2 rings (SSSR count). The number of morpholine rings is 1. The van der Waals surface area contributed by atoms with Crippen molar-refractivity contribution in [3.63, 3.8) is 0 Å². The lowest BCUT2D eigenvalue weighted by Gasteiger charge is -2.33. The van der Waals surface area contributed by atoms with E-state index in [1.54, 1.807) is 0 Å². The summed E-state index contributed by atoms with van der Waals surface area (Å²) in [6, 6.07) is 1.41. The summed E-state index contributed by atoms with van der Waals surface area (Å²) in [5.74, 6) is 0.346. The highest BCUT2D eigenvalue weighted by Gasteiger charge is 2.26. The maximum Gasteiger partial charge on any atom is 0.273 e. The lowest BCUT2D eigenvalue weighted by atomic mass is 10.2. The molecule has 1 aromatic heterocycles. The highest BCUT2D eigenvalue weighted by molar-refractivity contribution is 7.86. The fraction of sp³-hybridized carbons (Fsp3) is 0.636. The van der Waals surface area contributed by atoms with Crippen LogP contribution in [0.3, 0.4) is 0 Å². The highest BCUT2D eigenvalue weighted by atomic mass is 35.5. The Labute approximate surface area is 122 Å². The van der Waals surface area contributed by atoms with E-state index >= 15 is 0 Å². The first kappa shape index (κ1) is 15.4. The Morgan fingerprint density at radius 2 is 2.25 bits per heavy atom. The van der Waals surface area contributed by atoms with Gasteiger partial charge in [0.05, 0.1) is 24.9 Å². The highest BCUT2D eigenvalue weighted by Crippen LogP contribution is 2.25. The summed E-state index contributed by atoms with van der Waals surface area (Å²) in [4.78, 5) is 10.2. The van der Waals surface area contributed by atoms with Crippen molar-refractivity contribution >= 4 is 27.7 Å². The van der Waals surface area contributed by atoms with Gasteiger partial charge in [-0.3, -0.25) is 4.55 Å². The van der Waals surface area contributed by atoms with Crippen molar-refractivity contribution in [1.82, 2.24) is 9.97 Å². The molecule has 1 fully saturated rings. The van der Waals surface area contributed by atoms with Crippen LogP contribution in [-0.2, 0) is 14.9 Å². The molecule has 1 saturated heterocycles. The molecule has 9 heteroatoms. The molecule has 2 heterocycles. The number of hydrogen-bond donors (Lipinski definition) is 1.